The summed E-state index contributed by atoms with van der Waals surface area (Å²) in [6.07, 6.45) is 5.03. The van der Waals surface area contributed by atoms with Crippen molar-refractivity contribution in [3.8, 4) is 0 Å². The number of rotatable bonds is 4. The van der Waals surface area contributed by atoms with E-state index in [1.54, 1.807) is 13.0 Å². The monoisotopic (exact) mass is 347 g/mol. The lowest BCUT2D eigenvalue weighted by molar-refractivity contribution is -0.135. The molecule has 1 unspecified atom stereocenters. The maximum atomic E-state index is 13.2. The van der Waals surface area contributed by atoms with Crippen LogP contribution in [0.2, 0.25) is 0 Å². The Morgan fingerprint density at radius 2 is 2.04 bits per heavy atom. The lowest BCUT2D eigenvalue weighted by Gasteiger charge is -2.34. The topological polar surface area (TPSA) is 78.5 Å². The van der Waals surface area contributed by atoms with E-state index in [1.165, 1.54) is 18.2 Å². The lowest BCUT2D eigenvalue weighted by Crippen LogP contribution is -2.51. The Hall–Kier alpha value is -2.44. The molecule has 7 heteroatoms. The second-order valence-corrected chi connectivity index (χ2v) is 6.92. The highest BCUT2D eigenvalue weighted by atomic mass is 19.1. The summed E-state index contributed by atoms with van der Waals surface area (Å²) in [5, 5.41) is 5.28. The van der Waals surface area contributed by atoms with Gasteiger partial charge >= 0.3 is 6.03 Å². The Morgan fingerprint density at radius 1 is 1.32 bits per heavy atom. The van der Waals surface area contributed by atoms with Crippen molar-refractivity contribution in [2.75, 3.05) is 11.9 Å². The van der Waals surface area contributed by atoms with E-state index in [1.807, 2.05) is 0 Å². The van der Waals surface area contributed by atoms with E-state index in [9.17, 15) is 18.8 Å². The van der Waals surface area contributed by atoms with E-state index < -0.39 is 23.3 Å². The number of anilines is 1. The predicted octanol–water partition coefficient (Wildman–Crippen LogP) is 2.66. The van der Waals surface area contributed by atoms with Crippen molar-refractivity contribution in [1.29, 1.82) is 0 Å². The Morgan fingerprint density at radius 3 is 2.72 bits per heavy atom. The van der Waals surface area contributed by atoms with Crippen LogP contribution in [-0.2, 0) is 9.59 Å². The number of carbonyl (C=O) groups is 3. The molecule has 1 aromatic rings. The highest BCUT2D eigenvalue weighted by Gasteiger charge is 2.52. The molecule has 6 nitrogen and oxygen atoms in total. The minimum absolute atomic E-state index is 0.0916. The summed E-state index contributed by atoms with van der Waals surface area (Å²) in [7, 11) is 0. The molecule has 4 amide bonds. The summed E-state index contributed by atoms with van der Waals surface area (Å²) in [6, 6.07) is 4.91. The zero-order chi connectivity index (χ0) is 18.0. The molecule has 134 valence electrons. The highest BCUT2D eigenvalue weighted by Crippen LogP contribution is 2.36. The second kappa shape index (κ2) is 6.82. The molecule has 25 heavy (non-hydrogen) atoms. The summed E-state index contributed by atoms with van der Waals surface area (Å²) < 4.78 is 13.2. The fraction of sp³-hybridized carbons (Fsp3) is 0.500. The van der Waals surface area contributed by atoms with Gasteiger partial charge in [0.2, 0.25) is 5.91 Å². The van der Waals surface area contributed by atoms with E-state index in [0.717, 1.165) is 37.0 Å². The molecule has 1 aromatic carbocycles. The standard InChI is InChI=1S/C18H22FN3O3/c1-18(12-6-3-2-4-7-12)16(24)22(17(25)21-18)11-15(23)20-14-9-5-8-13(19)10-14/h5,8-10,12H,2-4,6-7,11H2,1H3,(H,20,23)(H,21,25). The van der Waals surface area contributed by atoms with Crippen LogP contribution in [0.15, 0.2) is 24.3 Å². The van der Waals surface area contributed by atoms with E-state index in [4.69, 9.17) is 0 Å². The average molecular weight is 347 g/mol. The molecule has 2 aliphatic rings. The van der Waals surface area contributed by atoms with Gasteiger partial charge in [0.15, 0.2) is 0 Å². The SMILES string of the molecule is CC1(C2CCCCC2)NC(=O)N(CC(=O)Nc2cccc(F)c2)C1=O. The van der Waals surface area contributed by atoms with Gasteiger partial charge in [0.25, 0.3) is 5.91 Å². The molecule has 1 saturated carbocycles. The van der Waals surface area contributed by atoms with Crippen LogP contribution in [0.5, 0.6) is 0 Å². The Bertz CT molecular complexity index is 703. The van der Waals surface area contributed by atoms with E-state index in [0.29, 0.717) is 0 Å². The molecule has 1 atom stereocenters. The van der Waals surface area contributed by atoms with Gasteiger partial charge in [0.1, 0.15) is 17.9 Å². The molecule has 0 radical (unpaired) electrons. The quantitative estimate of drug-likeness (QED) is 0.822. The van der Waals surface area contributed by atoms with Crippen LogP contribution in [0.3, 0.4) is 0 Å². The van der Waals surface area contributed by atoms with Crippen molar-refractivity contribution >= 4 is 23.5 Å². The normalized spacial score (nSPS) is 24.3. The number of nitrogens with one attached hydrogen (secondary N) is 2. The van der Waals surface area contributed by atoms with Gasteiger partial charge in [0.05, 0.1) is 0 Å². The lowest BCUT2D eigenvalue weighted by atomic mass is 9.75. The molecule has 0 spiro atoms. The van der Waals surface area contributed by atoms with Crippen LogP contribution in [0, 0.1) is 11.7 Å². The first kappa shape index (κ1) is 17.4. The summed E-state index contributed by atoms with van der Waals surface area (Å²) in [5.41, 5.74) is -0.663. The highest BCUT2D eigenvalue weighted by molar-refractivity contribution is 6.10. The molecule has 2 N–H and O–H groups in total. The minimum Gasteiger partial charge on any atom is -0.324 e. The first-order valence-corrected chi connectivity index (χ1v) is 8.59. The molecule has 0 bridgehead atoms. The van der Waals surface area contributed by atoms with Gasteiger partial charge in [-0.15, -0.1) is 0 Å². The third kappa shape index (κ3) is 3.50. The summed E-state index contributed by atoms with van der Waals surface area (Å²) in [5.74, 6) is -1.28. The number of hydrogen-bond donors (Lipinski definition) is 2. The second-order valence-electron chi connectivity index (χ2n) is 6.92. The fourth-order valence-corrected chi connectivity index (χ4v) is 3.73. The number of amides is 4. The number of halogens is 1. The van der Waals surface area contributed by atoms with Crippen LogP contribution in [0.4, 0.5) is 14.9 Å². The first-order valence-electron chi connectivity index (χ1n) is 8.59. The van der Waals surface area contributed by atoms with E-state index in [2.05, 4.69) is 10.6 Å². The largest absolute Gasteiger partial charge is 0.325 e. The van der Waals surface area contributed by atoms with Gasteiger partial charge in [-0.3, -0.25) is 14.5 Å². The molecular weight excluding hydrogens is 325 g/mol. The zero-order valence-corrected chi connectivity index (χ0v) is 14.2. The maximum Gasteiger partial charge on any atom is 0.325 e. The van der Waals surface area contributed by atoms with E-state index >= 15 is 0 Å². The van der Waals surface area contributed by atoms with Crippen LogP contribution in [0.1, 0.15) is 39.0 Å². The van der Waals surface area contributed by atoms with Crippen molar-refractivity contribution in [2.45, 2.75) is 44.6 Å². The van der Waals surface area contributed by atoms with Crippen LogP contribution in [-0.4, -0.2) is 34.8 Å². The van der Waals surface area contributed by atoms with Gasteiger partial charge in [-0.2, -0.15) is 0 Å². The molecule has 2 fully saturated rings. The molecule has 0 aromatic heterocycles. The molecule has 1 saturated heterocycles. The smallest absolute Gasteiger partial charge is 0.324 e. The third-order valence-electron chi connectivity index (χ3n) is 5.13. The number of hydrogen-bond acceptors (Lipinski definition) is 3. The van der Waals surface area contributed by atoms with Gasteiger partial charge in [-0.1, -0.05) is 25.3 Å². The molecular formula is C18H22FN3O3. The first-order chi connectivity index (χ1) is 11.9. The van der Waals surface area contributed by atoms with Gasteiger partial charge < -0.3 is 10.6 Å². The van der Waals surface area contributed by atoms with Crippen molar-refractivity contribution in [3.05, 3.63) is 30.1 Å². The fourth-order valence-electron chi connectivity index (χ4n) is 3.73. The average Bonchev–Trinajstić information content (AvgIpc) is 2.80. The van der Waals surface area contributed by atoms with Crippen molar-refractivity contribution in [3.63, 3.8) is 0 Å². The molecule has 1 heterocycles. The number of nitrogens with zero attached hydrogens (tertiary/aromatic N) is 1. The molecule has 1 aliphatic carbocycles. The van der Waals surface area contributed by atoms with Crippen LogP contribution in [0.25, 0.3) is 0 Å². The maximum absolute atomic E-state index is 13.2. The third-order valence-corrected chi connectivity index (χ3v) is 5.13. The van der Waals surface area contributed by atoms with Gasteiger partial charge in [0, 0.05) is 5.69 Å². The number of imide groups is 1. The van der Waals surface area contributed by atoms with E-state index in [-0.39, 0.29) is 24.1 Å². The van der Waals surface area contributed by atoms with Crippen LogP contribution < -0.4 is 10.6 Å². The summed E-state index contributed by atoms with van der Waals surface area (Å²) >= 11 is 0. The summed E-state index contributed by atoms with van der Waals surface area (Å²) in [6.45, 7) is 1.36. The van der Waals surface area contributed by atoms with Gasteiger partial charge in [-0.05, 0) is 43.9 Å². The minimum atomic E-state index is -0.948. The summed E-state index contributed by atoms with van der Waals surface area (Å²) in [4.78, 5) is 38.1. The van der Waals surface area contributed by atoms with Gasteiger partial charge in [-0.25, -0.2) is 9.18 Å². The molecule has 3 rings (SSSR count). The number of benzene rings is 1. The van der Waals surface area contributed by atoms with Crippen molar-refractivity contribution < 1.29 is 18.8 Å². The zero-order valence-electron chi connectivity index (χ0n) is 14.2. The number of carbonyl (C=O) groups excluding carboxylic acids is 3. The Kier molecular flexibility index (Phi) is 4.74. The molecule has 1 aliphatic heterocycles. The number of urea groups is 1. The Labute approximate surface area is 145 Å². The predicted molar refractivity (Wildman–Crippen MR) is 90.3 cm³/mol. The van der Waals surface area contributed by atoms with Crippen molar-refractivity contribution in [2.24, 2.45) is 5.92 Å². The Balaban J connectivity index is 1.67. The van der Waals surface area contributed by atoms with Crippen LogP contribution >= 0.6 is 0 Å². The van der Waals surface area contributed by atoms with Crippen molar-refractivity contribution in [1.82, 2.24) is 10.2 Å².